The second kappa shape index (κ2) is 7.14. The number of carbonyl (C=O) groups excluding carboxylic acids is 1. The summed E-state index contributed by atoms with van der Waals surface area (Å²) in [6.45, 7) is 2.29. The van der Waals surface area contributed by atoms with Crippen molar-refractivity contribution < 1.29 is 14.7 Å². The normalized spacial score (nSPS) is 23.5. The lowest BCUT2D eigenvalue weighted by molar-refractivity contribution is -0.150. The van der Waals surface area contributed by atoms with Gasteiger partial charge in [0.15, 0.2) is 0 Å². The van der Waals surface area contributed by atoms with E-state index in [1.165, 1.54) is 25.7 Å². The molecule has 5 heteroatoms. The molecule has 21 heavy (non-hydrogen) atoms. The highest BCUT2D eigenvalue weighted by Gasteiger charge is 2.39. The average Bonchev–Trinajstić information content (AvgIpc) is 3.00. The Labute approximate surface area is 126 Å². The van der Waals surface area contributed by atoms with Gasteiger partial charge in [-0.25, -0.2) is 4.79 Å². The van der Waals surface area contributed by atoms with Crippen molar-refractivity contribution in [2.75, 3.05) is 6.54 Å². The van der Waals surface area contributed by atoms with Gasteiger partial charge in [0.05, 0.1) is 5.41 Å². The molecule has 0 aliphatic heterocycles. The van der Waals surface area contributed by atoms with Crippen LogP contribution >= 0.6 is 0 Å². The van der Waals surface area contributed by atoms with Crippen LogP contribution < -0.4 is 10.6 Å². The number of carboxylic acids is 1. The Bertz CT molecular complexity index is 372. The van der Waals surface area contributed by atoms with E-state index in [-0.39, 0.29) is 18.6 Å². The number of hydrogen-bond acceptors (Lipinski definition) is 2. The Morgan fingerprint density at radius 3 is 2.33 bits per heavy atom. The van der Waals surface area contributed by atoms with Gasteiger partial charge >= 0.3 is 12.0 Å². The van der Waals surface area contributed by atoms with Gasteiger partial charge in [0, 0.05) is 12.6 Å². The van der Waals surface area contributed by atoms with E-state index < -0.39 is 11.4 Å². The molecule has 3 N–H and O–H groups in total. The standard InChI is InChI=1S/C16H28N2O3/c1-12(13-7-3-4-8-13)18-15(21)17-11-16(14(19)20)9-5-2-6-10-16/h12-13H,2-11H2,1H3,(H,19,20)(H2,17,18,21). The molecule has 0 heterocycles. The van der Waals surface area contributed by atoms with Crippen LogP contribution in [0.4, 0.5) is 4.79 Å². The smallest absolute Gasteiger partial charge is 0.315 e. The van der Waals surface area contributed by atoms with Crippen molar-refractivity contribution >= 4 is 12.0 Å². The molecule has 2 fully saturated rings. The molecular formula is C16H28N2O3. The zero-order valence-electron chi connectivity index (χ0n) is 13.0. The summed E-state index contributed by atoms with van der Waals surface area (Å²) in [5.74, 6) is -0.204. The van der Waals surface area contributed by atoms with Crippen LogP contribution in [0.15, 0.2) is 0 Å². The highest BCUT2D eigenvalue weighted by molar-refractivity contribution is 5.78. The summed E-state index contributed by atoms with van der Waals surface area (Å²) >= 11 is 0. The zero-order chi connectivity index (χ0) is 15.3. The summed E-state index contributed by atoms with van der Waals surface area (Å²) in [4.78, 5) is 23.6. The fourth-order valence-corrected chi connectivity index (χ4v) is 3.78. The van der Waals surface area contributed by atoms with Crippen LogP contribution in [0, 0.1) is 11.3 Å². The molecule has 5 nitrogen and oxygen atoms in total. The fourth-order valence-electron chi connectivity index (χ4n) is 3.78. The minimum absolute atomic E-state index is 0.166. The van der Waals surface area contributed by atoms with Gasteiger partial charge in [0.1, 0.15) is 0 Å². The first kappa shape index (κ1) is 16.1. The van der Waals surface area contributed by atoms with Crippen LogP contribution in [0.5, 0.6) is 0 Å². The van der Waals surface area contributed by atoms with E-state index >= 15 is 0 Å². The number of rotatable bonds is 5. The summed E-state index contributed by atoms with van der Waals surface area (Å²) in [6.07, 6.45) is 9.17. The van der Waals surface area contributed by atoms with Crippen molar-refractivity contribution in [2.24, 2.45) is 11.3 Å². The number of aliphatic carboxylic acids is 1. The quantitative estimate of drug-likeness (QED) is 0.730. The monoisotopic (exact) mass is 296 g/mol. The highest BCUT2D eigenvalue weighted by Crippen LogP contribution is 2.36. The molecule has 1 unspecified atom stereocenters. The van der Waals surface area contributed by atoms with E-state index in [1.54, 1.807) is 0 Å². The first-order valence-electron chi connectivity index (χ1n) is 8.31. The van der Waals surface area contributed by atoms with Crippen molar-refractivity contribution in [1.29, 1.82) is 0 Å². The van der Waals surface area contributed by atoms with E-state index in [1.807, 2.05) is 6.92 Å². The van der Waals surface area contributed by atoms with Crippen LogP contribution in [0.25, 0.3) is 0 Å². The lowest BCUT2D eigenvalue weighted by atomic mass is 9.74. The van der Waals surface area contributed by atoms with Crippen molar-refractivity contribution in [3.05, 3.63) is 0 Å². The molecule has 120 valence electrons. The topological polar surface area (TPSA) is 78.4 Å². The van der Waals surface area contributed by atoms with Crippen molar-refractivity contribution in [1.82, 2.24) is 10.6 Å². The third-order valence-corrected chi connectivity index (χ3v) is 5.32. The molecular weight excluding hydrogens is 268 g/mol. The number of carboxylic acid groups (broad SMARTS) is 1. The van der Waals surface area contributed by atoms with Crippen LogP contribution in [-0.2, 0) is 4.79 Å². The summed E-state index contributed by atoms with van der Waals surface area (Å²) in [7, 11) is 0. The van der Waals surface area contributed by atoms with Crippen molar-refractivity contribution in [3.8, 4) is 0 Å². The van der Waals surface area contributed by atoms with E-state index in [4.69, 9.17) is 0 Å². The Morgan fingerprint density at radius 2 is 1.76 bits per heavy atom. The summed E-state index contributed by atoms with van der Waals surface area (Å²) in [5.41, 5.74) is -0.758. The molecule has 2 aliphatic rings. The van der Waals surface area contributed by atoms with Gasteiger partial charge in [-0.05, 0) is 38.5 Å². The number of carbonyl (C=O) groups is 2. The summed E-state index contributed by atoms with van der Waals surface area (Å²) in [6, 6.07) is -0.0553. The molecule has 1 atom stereocenters. The van der Waals surface area contributed by atoms with E-state index in [2.05, 4.69) is 10.6 Å². The number of amides is 2. The molecule has 0 spiro atoms. The van der Waals surface area contributed by atoms with Crippen molar-refractivity contribution in [2.45, 2.75) is 70.8 Å². The second-order valence-electron chi connectivity index (χ2n) is 6.81. The molecule has 2 amide bonds. The van der Waals surface area contributed by atoms with Crippen LogP contribution in [-0.4, -0.2) is 29.7 Å². The SMILES string of the molecule is CC(NC(=O)NCC1(C(=O)O)CCCCC1)C1CCCC1. The number of hydrogen-bond donors (Lipinski definition) is 3. The predicted molar refractivity (Wildman–Crippen MR) is 81.1 cm³/mol. The molecule has 0 aromatic rings. The van der Waals surface area contributed by atoms with Crippen LogP contribution in [0.3, 0.4) is 0 Å². The number of nitrogens with one attached hydrogen (secondary N) is 2. The van der Waals surface area contributed by atoms with Gasteiger partial charge in [0.25, 0.3) is 0 Å². The lowest BCUT2D eigenvalue weighted by Crippen LogP contribution is -2.49. The fraction of sp³-hybridized carbons (Fsp3) is 0.875. The Morgan fingerprint density at radius 1 is 1.14 bits per heavy atom. The maximum absolute atomic E-state index is 12.0. The highest BCUT2D eigenvalue weighted by atomic mass is 16.4. The molecule has 2 rings (SSSR count). The van der Waals surface area contributed by atoms with Gasteiger partial charge in [-0.2, -0.15) is 0 Å². The van der Waals surface area contributed by atoms with Gasteiger partial charge in [-0.15, -0.1) is 0 Å². The van der Waals surface area contributed by atoms with E-state index in [0.29, 0.717) is 18.8 Å². The second-order valence-corrected chi connectivity index (χ2v) is 6.81. The van der Waals surface area contributed by atoms with E-state index in [0.717, 1.165) is 19.3 Å². The summed E-state index contributed by atoms with van der Waals surface area (Å²) < 4.78 is 0. The van der Waals surface area contributed by atoms with Crippen molar-refractivity contribution in [3.63, 3.8) is 0 Å². The Hall–Kier alpha value is -1.26. The Kier molecular flexibility index (Phi) is 5.48. The average molecular weight is 296 g/mol. The minimum Gasteiger partial charge on any atom is -0.481 e. The molecule has 0 bridgehead atoms. The molecule has 0 radical (unpaired) electrons. The third-order valence-electron chi connectivity index (χ3n) is 5.32. The Balaban J connectivity index is 1.80. The van der Waals surface area contributed by atoms with Crippen LogP contribution in [0.1, 0.15) is 64.7 Å². The molecule has 0 saturated heterocycles. The predicted octanol–water partition coefficient (Wildman–Crippen LogP) is 2.90. The molecule has 0 aromatic heterocycles. The van der Waals surface area contributed by atoms with Crippen LogP contribution in [0.2, 0.25) is 0 Å². The maximum Gasteiger partial charge on any atom is 0.315 e. The minimum atomic E-state index is -0.772. The van der Waals surface area contributed by atoms with Gasteiger partial charge in [0.2, 0.25) is 0 Å². The first-order valence-corrected chi connectivity index (χ1v) is 8.31. The van der Waals surface area contributed by atoms with E-state index in [9.17, 15) is 14.7 Å². The zero-order valence-corrected chi connectivity index (χ0v) is 13.0. The lowest BCUT2D eigenvalue weighted by Gasteiger charge is -2.33. The summed E-state index contributed by atoms with van der Waals surface area (Å²) in [5, 5.41) is 15.3. The molecule has 2 saturated carbocycles. The van der Waals surface area contributed by atoms with Gasteiger partial charge in [-0.1, -0.05) is 32.1 Å². The number of urea groups is 1. The van der Waals surface area contributed by atoms with Gasteiger partial charge in [-0.3, -0.25) is 4.79 Å². The largest absolute Gasteiger partial charge is 0.481 e. The molecule has 0 aromatic carbocycles. The van der Waals surface area contributed by atoms with Gasteiger partial charge < -0.3 is 15.7 Å². The maximum atomic E-state index is 12.0. The first-order chi connectivity index (χ1) is 10.0. The molecule has 2 aliphatic carbocycles. The third kappa shape index (κ3) is 4.11.